The van der Waals surface area contributed by atoms with Gasteiger partial charge in [0, 0.05) is 21.9 Å². The molecule has 0 N–H and O–H groups in total. The monoisotopic (exact) mass is 368 g/mol. The molecule has 0 aromatic heterocycles. The van der Waals surface area contributed by atoms with Gasteiger partial charge in [-0.3, -0.25) is 0 Å². The van der Waals surface area contributed by atoms with E-state index in [2.05, 4.69) is 41.5 Å². The van der Waals surface area contributed by atoms with Gasteiger partial charge in [0.05, 0.1) is 9.52 Å². The fourth-order valence-electron chi connectivity index (χ4n) is 4.19. The summed E-state index contributed by atoms with van der Waals surface area (Å²) >= 11 is 13.2. The van der Waals surface area contributed by atoms with Crippen molar-refractivity contribution in [1.29, 1.82) is 0 Å². The second-order valence-electron chi connectivity index (χ2n) is 7.07. The van der Waals surface area contributed by atoms with Crippen molar-refractivity contribution in [2.24, 2.45) is 11.8 Å². The van der Waals surface area contributed by atoms with Crippen LogP contribution in [0.5, 0.6) is 0 Å². The van der Waals surface area contributed by atoms with Gasteiger partial charge in [0.15, 0.2) is 0 Å². The lowest BCUT2D eigenvalue weighted by Crippen LogP contribution is -2.08. The average Bonchev–Trinajstić information content (AvgIpc) is 2.85. The first-order valence-corrected chi connectivity index (χ1v) is 11.2. The maximum absolute atomic E-state index is 6.62. The van der Waals surface area contributed by atoms with Crippen LogP contribution in [0.4, 0.5) is 0 Å². The number of halogens is 2. The summed E-state index contributed by atoms with van der Waals surface area (Å²) in [5.74, 6) is 0.848. The normalized spacial score (nSPS) is 26.1. The van der Waals surface area contributed by atoms with Gasteiger partial charge in [0.1, 0.15) is 0 Å². The van der Waals surface area contributed by atoms with E-state index in [0.29, 0.717) is 11.8 Å². The predicted molar refractivity (Wildman–Crippen MR) is 108 cm³/mol. The van der Waals surface area contributed by atoms with Crippen LogP contribution < -0.4 is 0 Å². The van der Waals surface area contributed by atoms with Crippen LogP contribution in [0, 0.1) is 11.8 Å². The SMILES string of the molecule is CCCC1=C([SiH2]C2=C(CCC)C(C)C(Cl)=C2C)C(C)=C(Cl)C1C. The molecule has 3 heteroatoms. The first-order valence-electron chi connectivity index (χ1n) is 9.02. The summed E-state index contributed by atoms with van der Waals surface area (Å²) in [4.78, 5) is 0. The van der Waals surface area contributed by atoms with Gasteiger partial charge in [0.25, 0.3) is 0 Å². The number of hydrogen-bond acceptors (Lipinski definition) is 0. The molecule has 2 rings (SSSR count). The molecule has 23 heavy (non-hydrogen) atoms. The van der Waals surface area contributed by atoms with Crippen molar-refractivity contribution in [3.8, 4) is 0 Å². The van der Waals surface area contributed by atoms with Crippen molar-refractivity contribution in [2.45, 2.75) is 67.2 Å². The molecule has 0 aromatic rings. The molecule has 0 aromatic carbocycles. The summed E-state index contributed by atoms with van der Waals surface area (Å²) < 4.78 is 0. The molecule has 2 aliphatic carbocycles. The van der Waals surface area contributed by atoms with E-state index < -0.39 is 9.52 Å². The van der Waals surface area contributed by atoms with Gasteiger partial charge in [-0.25, -0.2) is 0 Å². The highest BCUT2D eigenvalue weighted by atomic mass is 35.5. The Balaban J connectivity index is 2.45. The average molecular weight is 369 g/mol. The molecule has 2 unspecified atom stereocenters. The zero-order chi connectivity index (χ0) is 17.3. The van der Waals surface area contributed by atoms with E-state index in [1.54, 1.807) is 21.5 Å². The Hall–Kier alpha value is -0.243. The summed E-state index contributed by atoms with van der Waals surface area (Å²) in [6, 6.07) is 0. The van der Waals surface area contributed by atoms with Gasteiger partial charge in [0.2, 0.25) is 0 Å². The standard InChI is InChI=1S/C20H30Cl2Si/c1-7-9-15-11(3)17(21)13(5)19(15)23-20-14(6)18(22)12(4)16(20)10-8-2/h11-12H,7-10,23H2,1-6H3. The van der Waals surface area contributed by atoms with Crippen molar-refractivity contribution >= 4 is 32.7 Å². The summed E-state index contributed by atoms with van der Waals surface area (Å²) in [6.07, 6.45) is 4.75. The molecule has 0 heterocycles. The quantitative estimate of drug-likeness (QED) is 0.463. The van der Waals surface area contributed by atoms with Gasteiger partial charge in [-0.1, -0.05) is 85.3 Å². The lowest BCUT2D eigenvalue weighted by Gasteiger charge is -2.16. The largest absolute Gasteiger partial charge is 0.0882 e. The van der Waals surface area contributed by atoms with Crippen LogP contribution in [0.25, 0.3) is 0 Å². The molecule has 0 fully saturated rings. The van der Waals surface area contributed by atoms with E-state index in [1.165, 1.54) is 36.8 Å². The molecule has 2 aliphatic rings. The first-order chi connectivity index (χ1) is 10.8. The summed E-state index contributed by atoms with van der Waals surface area (Å²) in [6.45, 7) is 13.5. The molecule has 0 saturated carbocycles. The van der Waals surface area contributed by atoms with E-state index in [-0.39, 0.29) is 0 Å². The topological polar surface area (TPSA) is 0 Å². The van der Waals surface area contributed by atoms with Gasteiger partial charge in [-0.2, -0.15) is 0 Å². The highest BCUT2D eigenvalue weighted by Crippen LogP contribution is 2.45. The smallest absolute Gasteiger partial charge is 0.0882 e. The molecule has 0 spiro atoms. The second-order valence-corrected chi connectivity index (χ2v) is 9.66. The van der Waals surface area contributed by atoms with Crippen LogP contribution in [0.2, 0.25) is 0 Å². The molecule has 2 atom stereocenters. The van der Waals surface area contributed by atoms with Crippen molar-refractivity contribution in [3.63, 3.8) is 0 Å². The molecule has 0 aliphatic heterocycles. The molecule has 128 valence electrons. The Morgan fingerprint density at radius 1 is 0.783 bits per heavy atom. The minimum Gasteiger partial charge on any atom is -0.0882 e. The highest BCUT2D eigenvalue weighted by Gasteiger charge is 2.32. The fourth-order valence-corrected chi connectivity index (χ4v) is 7.59. The van der Waals surface area contributed by atoms with E-state index >= 15 is 0 Å². The molecule has 0 bridgehead atoms. The Morgan fingerprint density at radius 3 is 1.43 bits per heavy atom. The number of hydrogen-bond donors (Lipinski definition) is 0. The third kappa shape index (κ3) is 3.43. The van der Waals surface area contributed by atoms with E-state index in [0.717, 1.165) is 10.1 Å². The van der Waals surface area contributed by atoms with Gasteiger partial charge < -0.3 is 0 Å². The summed E-state index contributed by atoms with van der Waals surface area (Å²) in [5.41, 5.74) is 5.93. The summed E-state index contributed by atoms with van der Waals surface area (Å²) in [5, 5.41) is 5.39. The van der Waals surface area contributed by atoms with Gasteiger partial charge in [-0.15, -0.1) is 0 Å². The Bertz CT molecular complexity index is 566. The third-order valence-electron chi connectivity index (χ3n) is 5.60. The molecular formula is C20H30Cl2Si. The number of allylic oxidation sites excluding steroid dienone is 8. The highest BCUT2D eigenvalue weighted by molar-refractivity contribution is 6.58. The van der Waals surface area contributed by atoms with Crippen LogP contribution in [0.3, 0.4) is 0 Å². The molecule has 0 saturated heterocycles. The Labute approximate surface area is 154 Å². The van der Waals surface area contributed by atoms with Crippen LogP contribution in [0.1, 0.15) is 67.2 Å². The van der Waals surface area contributed by atoms with E-state index in [1.807, 2.05) is 0 Å². The van der Waals surface area contributed by atoms with E-state index in [9.17, 15) is 0 Å². The minimum absolute atomic E-state index is 0.424. The van der Waals surface area contributed by atoms with Crippen LogP contribution in [-0.2, 0) is 0 Å². The van der Waals surface area contributed by atoms with Crippen molar-refractivity contribution in [2.75, 3.05) is 0 Å². The van der Waals surface area contributed by atoms with Crippen molar-refractivity contribution in [3.05, 3.63) is 42.7 Å². The minimum atomic E-state index is -0.519. The van der Waals surface area contributed by atoms with Crippen molar-refractivity contribution in [1.82, 2.24) is 0 Å². The summed E-state index contributed by atoms with van der Waals surface area (Å²) in [7, 11) is -0.519. The van der Waals surface area contributed by atoms with Crippen molar-refractivity contribution < 1.29 is 0 Å². The lowest BCUT2D eigenvalue weighted by atomic mass is 10.0. The lowest BCUT2D eigenvalue weighted by molar-refractivity contribution is 0.760. The van der Waals surface area contributed by atoms with Gasteiger partial charge in [-0.05, 0) is 37.8 Å². The zero-order valence-electron chi connectivity index (χ0n) is 15.4. The van der Waals surface area contributed by atoms with Crippen LogP contribution in [0.15, 0.2) is 42.7 Å². The maximum Gasteiger partial charge on any atom is 0.0882 e. The molecule has 0 radical (unpaired) electrons. The Morgan fingerprint density at radius 2 is 1.13 bits per heavy atom. The first kappa shape index (κ1) is 19.1. The molecule has 0 nitrogen and oxygen atoms in total. The van der Waals surface area contributed by atoms with E-state index in [4.69, 9.17) is 23.2 Å². The van der Waals surface area contributed by atoms with Crippen LogP contribution in [-0.4, -0.2) is 9.52 Å². The molecule has 0 amide bonds. The Kier molecular flexibility index (Phi) is 6.44. The van der Waals surface area contributed by atoms with Gasteiger partial charge >= 0.3 is 0 Å². The third-order valence-corrected chi connectivity index (χ3v) is 9.49. The second kappa shape index (κ2) is 7.76. The maximum atomic E-state index is 6.62. The fraction of sp³-hybridized carbons (Fsp3) is 0.600. The molecular weight excluding hydrogens is 339 g/mol. The van der Waals surface area contributed by atoms with Crippen LogP contribution >= 0.6 is 23.2 Å². The number of rotatable bonds is 6. The zero-order valence-corrected chi connectivity index (χ0v) is 18.4. The predicted octanol–water partition coefficient (Wildman–Crippen LogP) is 6.59.